The molecule has 0 saturated carbocycles. The molecule has 0 spiro atoms. The highest BCUT2D eigenvalue weighted by atomic mass is 19.1. The Hall–Kier alpha value is -1.87. The molecule has 0 aliphatic rings. The van der Waals surface area contributed by atoms with Crippen LogP contribution in [0.5, 0.6) is 5.75 Å². The van der Waals surface area contributed by atoms with Crippen molar-refractivity contribution in [1.82, 2.24) is 0 Å². The third-order valence-corrected chi connectivity index (χ3v) is 2.67. The van der Waals surface area contributed by atoms with Gasteiger partial charge in [-0.25, -0.2) is 4.39 Å². The van der Waals surface area contributed by atoms with Gasteiger partial charge in [0.05, 0.1) is 0 Å². The Morgan fingerprint density at radius 2 is 1.65 bits per heavy atom. The van der Waals surface area contributed by atoms with E-state index in [0.29, 0.717) is 13.0 Å². The van der Waals surface area contributed by atoms with Gasteiger partial charge in [0.25, 0.3) is 0 Å². The number of phenols is 1. The monoisotopic (exact) mass is 231 g/mol. The molecule has 0 amide bonds. The summed E-state index contributed by atoms with van der Waals surface area (Å²) in [6.45, 7) is 0.487. The van der Waals surface area contributed by atoms with Crippen LogP contribution in [0.25, 0.3) is 11.1 Å². The molecule has 2 nitrogen and oxygen atoms in total. The molecule has 0 aliphatic heterocycles. The van der Waals surface area contributed by atoms with Crippen LogP contribution in [0.4, 0.5) is 4.39 Å². The number of hydrogen-bond donors (Lipinski definition) is 2. The van der Waals surface area contributed by atoms with E-state index in [1.54, 1.807) is 18.2 Å². The number of phenolic OH excluding ortho intramolecular Hbond substituents is 1. The van der Waals surface area contributed by atoms with Gasteiger partial charge in [-0.1, -0.05) is 18.2 Å². The molecule has 0 fully saturated rings. The van der Waals surface area contributed by atoms with Crippen LogP contribution in [0.1, 0.15) is 5.56 Å². The molecule has 0 saturated heterocycles. The minimum Gasteiger partial charge on any atom is -0.508 e. The summed E-state index contributed by atoms with van der Waals surface area (Å²) in [5.74, 6) is -0.00368. The largest absolute Gasteiger partial charge is 0.508 e. The fourth-order valence-electron chi connectivity index (χ4n) is 1.76. The lowest BCUT2D eigenvalue weighted by molar-refractivity contribution is 0.468. The van der Waals surface area contributed by atoms with Crippen molar-refractivity contribution in [2.24, 2.45) is 5.73 Å². The van der Waals surface area contributed by atoms with Gasteiger partial charge in [-0.15, -0.1) is 0 Å². The summed E-state index contributed by atoms with van der Waals surface area (Å²) in [7, 11) is 0. The Kier molecular flexibility index (Phi) is 3.40. The molecule has 3 N–H and O–H groups in total. The standard InChI is InChI=1S/C14H14FNO/c15-13-4-1-10(2-5-13)11-3-6-14(17)12(9-11)7-8-16/h1-6,9,17H,7-8,16H2. The molecule has 0 heterocycles. The number of rotatable bonds is 3. The number of benzene rings is 2. The molecule has 0 aliphatic carbocycles. The number of nitrogens with two attached hydrogens (primary N) is 1. The van der Waals surface area contributed by atoms with Crippen LogP contribution in [0.2, 0.25) is 0 Å². The lowest BCUT2D eigenvalue weighted by atomic mass is 10.0. The lowest BCUT2D eigenvalue weighted by Gasteiger charge is -2.07. The number of aromatic hydroxyl groups is 1. The minimum absolute atomic E-state index is 0.251. The van der Waals surface area contributed by atoms with Crippen molar-refractivity contribution >= 4 is 0 Å². The highest BCUT2D eigenvalue weighted by Gasteiger charge is 2.04. The molecule has 88 valence electrons. The predicted molar refractivity (Wildman–Crippen MR) is 66.3 cm³/mol. The van der Waals surface area contributed by atoms with Gasteiger partial charge in [0, 0.05) is 0 Å². The lowest BCUT2D eigenvalue weighted by Crippen LogP contribution is -2.02. The van der Waals surface area contributed by atoms with Gasteiger partial charge in [-0.3, -0.25) is 0 Å². The zero-order chi connectivity index (χ0) is 12.3. The molecule has 2 aromatic carbocycles. The van der Waals surface area contributed by atoms with Crippen LogP contribution in [-0.4, -0.2) is 11.7 Å². The quantitative estimate of drug-likeness (QED) is 0.853. The summed E-state index contributed by atoms with van der Waals surface area (Å²) in [5, 5.41) is 9.64. The van der Waals surface area contributed by atoms with Gasteiger partial charge < -0.3 is 10.8 Å². The molecular formula is C14H14FNO. The summed E-state index contributed by atoms with van der Waals surface area (Å²) >= 11 is 0. The van der Waals surface area contributed by atoms with Crippen LogP contribution in [0, 0.1) is 5.82 Å². The Morgan fingerprint density at radius 3 is 2.29 bits per heavy atom. The second-order valence-electron chi connectivity index (χ2n) is 3.89. The van der Waals surface area contributed by atoms with E-state index in [1.807, 2.05) is 12.1 Å². The van der Waals surface area contributed by atoms with E-state index in [0.717, 1.165) is 16.7 Å². The summed E-state index contributed by atoms with van der Waals surface area (Å²) in [6.07, 6.45) is 0.626. The Morgan fingerprint density at radius 1 is 1.00 bits per heavy atom. The minimum atomic E-state index is -0.255. The van der Waals surface area contributed by atoms with Crippen molar-refractivity contribution in [2.45, 2.75) is 6.42 Å². The zero-order valence-corrected chi connectivity index (χ0v) is 9.36. The summed E-state index contributed by atoms with van der Waals surface area (Å²) in [4.78, 5) is 0. The second kappa shape index (κ2) is 4.97. The maximum absolute atomic E-state index is 12.8. The third-order valence-electron chi connectivity index (χ3n) is 2.67. The summed E-state index contributed by atoms with van der Waals surface area (Å²) < 4.78 is 12.8. The van der Waals surface area contributed by atoms with Gasteiger partial charge in [0.2, 0.25) is 0 Å². The molecule has 3 heteroatoms. The molecule has 2 rings (SSSR count). The topological polar surface area (TPSA) is 46.2 Å². The van der Waals surface area contributed by atoms with Crippen LogP contribution in [0.3, 0.4) is 0 Å². The number of halogens is 1. The van der Waals surface area contributed by atoms with Crippen LogP contribution in [-0.2, 0) is 6.42 Å². The molecule has 0 aromatic heterocycles. The van der Waals surface area contributed by atoms with Gasteiger partial charge in [-0.05, 0) is 53.9 Å². The van der Waals surface area contributed by atoms with E-state index < -0.39 is 0 Å². The van der Waals surface area contributed by atoms with E-state index in [1.165, 1.54) is 12.1 Å². The average molecular weight is 231 g/mol. The summed E-state index contributed by atoms with van der Waals surface area (Å²) in [5.41, 5.74) is 8.16. The van der Waals surface area contributed by atoms with Crippen molar-refractivity contribution in [3.63, 3.8) is 0 Å². The van der Waals surface area contributed by atoms with Gasteiger partial charge in [-0.2, -0.15) is 0 Å². The van der Waals surface area contributed by atoms with E-state index in [4.69, 9.17) is 5.73 Å². The fraction of sp³-hybridized carbons (Fsp3) is 0.143. The highest BCUT2D eigenvalue weighted by molar-refractivity contribution is 5.65. The van der Waals surface area contributed by atoms with Crippen LogP contribution < -0.4 is 5.73 Å². The fourth-order valence-corrected chi connectivity index (χ4v) is 1.76. The zero-order valence-electron chi connectivity index (χ0n) is 9.36. The SMILES string of the molecule is NCCc1cc(-c2ccc(F)cc2)ccc1O. The normalized spacial score (nSPS) is 10.5. The maximum atomic E-state index is 12.8. The van der Waals surface area contributed by atoms with Gasteiger partial charge >= 0.3 is 0 Å². The van der Waals surface area contributed by atoms with Gasteiger partial charge in [0.1, 0.15) is 11.6 Å². The Balaban J connectivity index is 2.39. The first-order valence-corrected chi connectivity index (χ1v) is 5.48. The molecule has 0 atom stereocenters. The van der Waals surface area contributed by atoms with Crippen LogP contribution in [0.15, 0.2) is 42.5 Å². The predicted octanol–water partition coefficient (Wildman–Crippen LogP) is 2.70. The Bertz CT molecular complexity index is 508. The van der Waals surface area contributed by atoms with Crippen molar-refractivity contribution in [2.75, 3.05) is 6.54 Å². The van der Waals surface area contributed by atoms with E-state index in [2.05, 4.69) is 0 Å². The first-order valence-electron chi connectivity index (χ1n) is 5.48. The molecule has 0 unspecified atom stereocenters. The maximum Gasteiger partial charge on any atom is 0.123 e. The summed E-state index contributed by atoms with van der Waals surface area (Å²) in [6, 6.07) is 11.6. The van der Waals surface area contributed by atoms with E-state index in [-0.39, 0.29) is 11.6 Å². The molecule has 0 radical (unpaired) electrons. The van der Waals surface area contributed by atoms with Gasteiger partial charge in [0.15, 0.2) is 0 Å². The van der Waals surface area contributed by atoms with E-state index >= 15 is 0 Å². The van der Waals surface area contributed by atoms with Crippen molar-refractivity contribution < 1.29 is 9.50 Å². The van der Waals surface area contributed by atoms with Crippen molar-refractivity contribution in [3.05, 3.63) is 53.8 Å². The molecule has 0 bridgehead atoms. The average Bonchev–Trinajstić information content (AvgIpc) is 2.33. The van der Waals surface area contributed by atoms with Crippen LogP contribution >= 0.6 is 0 Å². The number of hydrogen-bond acceptors (Lipinski definition) is 2. The first-order chi connectivity index (χ1) is 8.20. The first kappa shape index (κ1) is 11.6. The highest BCUT2D eigenvalue weighted by Crippen LogP contribution is 2.26. The molecule has 17 heavy (non-hydrogen) atoms. The van der Waals surface area contributed by atoms with E-state index in [9.17, 15) is 9.50 Å². The molecular weight excluding hydrogens is 217 g/mol. The second-order valence-corrected chi connectivity index (χ2v) is 3.89. The third kappa shape index (κ3) is 2.63. The Labute approximate surface area is 99.5 Å². The smallest absolute Gasteiger partial charge is 0.123 e. The molecule has 2 aromatic rings. The van der Waals surface area contributed by atoms with Crippen molar-refractivity contribution in [3.8, 4) is 16.9 Å². The van der Waals surface area contributed by atoms with Crippen molar-refractivity contribution in [1.29, 1.82) is 0 Å².